The Morgan fingerprint density at radius 3 is 2.60 bits per heavy atom. The maximum absolute atomic E-state index is 10.9. The fraction of sp³-hybridized carbons (Fsp3) is 0.200. The third-order valence-electron chi connectivity index (χ3n) is 2.78. The Morgan fingerprint density at radius 2 is 1.95 bits per heavy atom. The Labute approximate surface area is 117 Å². The smallest absolute Gasteiger partial charge is 0.292 e. The van der Waals surface area contributed by atoms with E-state index in [1.165, 1.54) is 6.07 Å². The zero-order chi connectivity index (χ0) is 14.4. The first-order valence-electron chi connectivity index (χ1n) is 6.39. The Morgan fingerprint density at radius 1 is 1.20 bits per heavy atom. The number of benzene rings is 2. The lowest BCUT2D eigenvalue weighted by molar-refractivity contribution is -0.384. The van der Waals surface area contributed by atoms with Crippen molar-refractivity contribution in [3.8, 4) is 5.75 Å². The highest BCUT2D eigenvalue weighted by atomic mass is 16.6. The van der Waals surface area contributed by atoms with E-state index in [1.54, 1.807) is 12.1 Å². The summed E-state index contributed by atoms with van der Waals surface area (Å²) in [6, 6.07) is 14.5. The largest absolute Gasteiger partial charge is 0.489 e. The van der Waals surface area contributed by atoms with Crippen LogP contribution in [0.15, 0.2) is 48.5 Å². The second-order valence-electron chi connectivity index (χ2n) is 4.24. The monoisotopic (exact) mass is 272 g/mol. The van der Waals surface area contributed by atoms with E-state index in [1.807, 2.05) is 37.3 Å². The normalized spacial score (nSPS) is 10.1. The standard InChI is InChI=1S/C15H16N2O3/c1-2-16-14-10-13(8-9-15(14)17(18)19)20-11-12-6-4-3-5-7-12/h3-10,16H,2,11H2,1H3. The van der Waals surface area contributed by atoms with Crippen LogP contribution >= 0.6 is 0 Å². The molecule has 0 saturated carbocycles. The molecule has 5 heteroatoms. The minimum absolute atomic E-state index is 0.0545. The highest BCUT2D eigenvalue weighted by Crippen LogP contribution is 2.29. The lowest BCUT2D eigenvalue weighted by Gasteiger charge is -2.09. The Kier molecular flexibility index (Phi) is 4.55. The third-order valence-corrected chi connectivity index (χ3v) is 2.78. The minimum atomic E-state index is -0.404. The van der Waals surface area contributed by atoms with E-state index >= 15 is 0 Å². The topological polar surface area (TPSA) is 64.4 Å². The van der Waals surface area contributed by atoms with Gasteiger partial charge in [-0.1, -0.05) is 30.3 Å². The quantitative estimate of drug-likeness (QED) is 0.644. The molecule has 0 atom stereocenters. The van der Waals surface area contributed by atoms with E-state index in [9.17, 15) is 10.1 Å². The molecule has 0 saturated heterocycles. The SMILES string of the molecule is CCNc1cc(OCc2ccccc2)ccc1[N+](=O)[O-]. The van der Waals surface area contributed by atoms with E-state index in [0.717, 1.165) is 5.56 Å². The summed E-state index contributed by atoms with van der Waals surface area (Å²) in [5.74, 6) is 0.607. The molecule has 2 aromatic rings. The predicted octanol–water partition coefficient (Wildman–Crippen LogP) is 3.61. The van der Waals surface area contributed by atoms with Gasteiger partial charge in [-0.2, -0.15) is 0 Å². The third kappa shape index (κ3) is 3.47. The molecular weight excluding hydrogens is 256 g/mol. The van der Waals surface area contributed by atoms with E-state index in [4.69, 9.17) is 4.74 Å². The summed E-state index contributed by atoms with van der Waals surface area (Å²) in [5.41, 5.74) is 1.58. The van der Waals surface area contributed by atoms with Gasteiger partial charge in [-0.25, -0.2) is 0 Å². The van der Waals surface area contributed by atoms with Crippen LogP contribution < -0.4 is 10.1 Å². The van der Waals surface area contributed by atoms with Gasteiger partial charge in [-0.05, 0) is 18.6 Å². The van der Waals surface area contributed by atoms with Crippen LogP contribution in [0, 0.1) is 10.1 Å². The number of nitrogens with zero attached hydrogens (tertiary/aromatic N) is 1. The molecule has 0 radical (unpaired) electrons. The fourth-order valence-electron chi connectivity index (χ4n) is 1.84. The highest BCUT2D eigenvalue weighted by Gasteiger charge is 2.13. The Balaban J connectivity index is 2.12. The number of hydrogen-bond acceptors (Lipinski definition) is 4. The molecule has 1 N–H and O–H groups in total. The van der Waals surface area contributed by atoms with Gasteiger partial charge in [0.2, 0.25) is 0 Å². The van der Waals surface area contributed by atoms with Crippen LogP contribution in [0.3, 0.4) is 0 Å². The van der Waals surface area contributed by atoms with E-state index in [-0.39, 0.29) is 5.69 Å². The predicted molar refractivity (Wildman–Crippen MR) is 78.0 cm³/mol. The molecule has 0 bridgehead atoms. The van der Waals surface area contributed by atoms with Gasteiger partial charge in [0.15, 0.2) is 0 Å². The molecule has 0 amide bonds. The van der Waals surface area contributed by atoms with E-state index in [2.05, 4.69) is 5.32 Å². The van der Waals surface area contributed by atoms with Crippen LogP contribution in [0.25, 0.3) is 0 Å². The summed E-state index contributed by atoms with van der Waals surface area (Å²) in [6.07, 6.45) is 0. The maximum atomic E-state index is 10.9. The second kappa shape index (κ2) is 6.56. The number of anilines is 1. The summed E-state index contributed by atoms with van der Waals surface area (Å²) in [6.45, 7) is 2.94. The molecule has 104 valence electrons. The van der Waals surface area contributed by atoms with Gasteiger partial charge in [0, 0.05) is 18.7 Å². The molecule has 20 heavy (non-hydrogen) atoms. The van der Waals surface area contributed by atoms with E-state index in [0.29, 0.717) is 24.6 Å². The molecule has 0 aliphatic heterocycles. The van der Waals surface area contributed by atoms with Crippen molar-refractivity contribution < 1.29 is 9.66 Å². The number of nitro groups is 1. The summed E-state index contributed by atoms with van der Waals surface area (Å²) >= 11 is 0. The number of rotatable bonds is 6. The van der Waals surface area contributed by atoms with Crippen molar-refractivity contribution in [2.45, 2.75) is 13.5 Å². The second-order valence-corrected chi connectivity index (χ2v) is 4.24. The molecule has 0 unspecified atom stereocenters. The van der Waals surface area contributed by atoms with Crippen LogP contribution in [0.2, 0.25) is 0 Å². The average molecular weight is 272 g/mol. The molecule has 0 aromatic heterocycles. The molecule has 0 aliphatic rings. The minimum Gasteiger partial charge on any atom is -0.489 e. The molecule has 2 rings (SSSR count). The van der Waals surface area contributed by atoms with Crippen molar-refractivity contribution in [1.29, 1.82) is 0 Å². The Hall–Kier alpha value is -2.56. The Bertz CT molecular complexity index is 585. The number of hydrogen-bond donors (Lipinski definition) is 1. The van der Waals surface area contributed by atoms with E-state index < -0.39 is 4.92 Å². The first-order valence-corrected chi connectivity index (χ1v) is 6.39. The van der Waals surface area contributed by atoms with Gasteiger partial charge < -0.3 is 10.1 Å². The summed E-state index contributed by atoms with van der Waals surface area (Å²) in [5, 5.41) is 13.9. The van der Waals surface area contributed by atoms with Crippen molar-refractivity contribution in [2.75, 3.05) is 11.9 Å². The van der Waals surface area contributed by atoms with Crippen molar-refractivity contribution >= 4 is 11.4 Å². The van der Waals surface area contributed by atoms with Crippen LogP contribution in [0.1, 0.15) is 12.5 Å². The van der Waals surface area contributed by atoms with Crippen LogP contribution in [0.5, 0.6) is 5.75 Å². The van der Waals surface area contributed by atoms with Gasteiger partial charge in [0.05, 0.1) is 4.92 Å². The van der Waals surface area contributed by atoms with Gasteiger partial charge in [0.25, 0.3) is 5.69 Å². The van der Waals surface area contributed by atoms with Gasteiger partial charge in [-0.15, -0.1) is 0 Å². The van der Waals surface area contributed by atoms with Crippen LogP contribution in [-0.4, -0.2) is 11.5 Å². The lowest BCUT2D eigenvalue weighted by Crippen LogP contribution is -2.02. The number of nitrogens with one attached hydrogen (secondary N) is 1. The highest BCUT2D eigenvalue weighted by molar-refractivity contribution is 5.64. The zero-order valence-corrected chi connectivity index (χ0v) is 11.2. The maximum Gasteiger partial charge on any atom is 0.292 e. The van der Waals surface area contributed by atoms with Crippen molar-refractivity contribution in [3.63, 3.8) is 0 Å². The van der Waals surface area contributed by atoms with Gasteiger partial charge >= 0.3 is 0 Å². The van der Waals surface area contributed by atoms with Crippen LogP contribution in [-0.2, 0) is 6.61 Å². The first-order chi connectivity index (χ1) is 9.70. The molecule has 0 heterocycles. The molecule has 0 aliphatic carbocycles. The van der Waals surface area contributed by atoms with Gasteiger partial charge in [-0.3, -0.25) is 10.1 Å². The lowest BCUT2D eigenvalue weighted by atomic mass is 10.2. The van der Waals surface area contributed by atoms with Crippen molar-refractivity contribution in [2.24, 2.45) is 0 Å². The summed E-state index contributed by atoms with van der Waals surface area (Å²) in [4.78, 5) is 10.5. The molecule has 2 aromatic carbocycles. The number of nitro benzene ring substituents is 1. The van der Waals surface area contributed by atoms with Crippen molar-refractivity contribution in [3.05, 3.63) is 64.2 Å². The number of ether oxygens (including phenoxy) is 1. The van der Waals surface area contributed by atoms with Gasteiger partial charge in [0.1, 0.15) is 18.0 Å². The van der Waals surface area contributed by atoms with Crippen molar-refractivity contribution in [1.82, 2.24) is 0 Å². The summed E-state index contributed by atoms with van der Waals surface area (Å²) in [7, 11) is 0. The molecular formula is C15H16N2O3. The molecule has 5 nitrogen and oxygen atoms in total. The first kappa shape index (κ1) is 13.9. The zero-order valence-electron chi connectivity index (χ0n) is 11.2. The summed E-state index contributed by atoms with van der Waals surface area (Å²) < 4.78 is 5.65. The molecule has 0 spiro atoms. The van der Waals surface area contributed by atoms with Crippen LogP contribution in [0.4, 0.5) is 11.4 Å². The average Bonchev–Trinajstić information content (AvgIpc) is 2.46. The fourth-order valence-corrected chi connectivity index (χ4v) is 1.84. The molecule has 0 fully saturated rings.